The molecule has 2 rings (SSSR count). The van der Waals surface area contributed by atoms with E-state index >= 15 is 0 Å². The number of nitrogens with zero attached hydrogens (tertiary/aromatic N) is 1. The molecule has 2 unspecified atom stereocenters. The zero-order valence-corrected chi connectivity index (χ0v) is 15.1. The number of amides is 1. The van der Waals surface area contributed by atoms with Crippen molar-refractivity contribution in [2.24, 2.45) is 0 Å². The standard InChI is InChI=1S/C20H28N2O2/c1-6-16-9-7-10-17(14-16)21-15(2)13-18-11-8-12-22(18)19(23)24-20(3,4)5/h1,7,9-10,14-15,18,21H,8,11-13H2,2-5H3. The molecular formula is C20H28N2O2. The average Bonchev–Trinajstić information content (AvgIpc) is 2.93. The molecule has 1 aromatic rings. The maximum absolute atomic E-state index is 12.4. The zero-order chi connectivity index (χ0) is 17.7. The second kappa shape index (κ2) is 7.61. The predicted octanol–water partition coefficient (Wildman–Crippen LogP) is 4.26. The number of ether oxygens (including phenoxy) is 1. The number of carbonyl (C=O) groups is 1. The molecule has 1 fully saturated rings. The van der Waals surface area contributed by atoms with Gasteiger partial charge in [-0.1, -0.05) is 12.0 Å². The third-order valence-corrected chi connectivity index (χ3v) is 4.07. The van der Waals surface area contributed by atoms with Gasteiger partial charge in [0, 0.05) is 29.9 Å². The Labute approximate surface area is 145 Å². The van der Waals surface area contributed by atoms with Crippen LogP contribution >= 0.6 is 0 Å². The van der Waals surface area contributed by atoms with E-state index in [1.54, 1.807) is 0 Å². The van der Waals surface area contributed by atoms with E-state index < -0.39 is 5.60 Å². The second-order valence-electron chi connectivity index (χ2n) is 7.48. The molecular weight excluding hydrogens is 300 g/mol. The van der Waals surface area contributed by atoms with E-state index in [-0.39, 0.29) is 18.2 Å². The maximum atomic E-state index is 12.4. The molecule has 1 saturated heterocycles. The van der Waals surface area contributed by atoms with Crippen molar-refractivity contribution in [2.75, 3.05) is 11.9 Å². The van der Waals surface area contributed by atoms with Crippen LogP contribution in [0.25, 0.3) is 0 Å². The normalized spacial score (nSPS) is 18.8. The lowest BCUT2D eigenvalue weighted by molar-refractivity contribution is 0.0218. The van der Waals surface area contributed by atoms with Crippen molar-refractivity contribution in [1.29, 1.82) is 0 Å². The lowest BCUT2D eigenvalue weighted by atomic mass is 10.1. The molecule has 0 aromatic heterocycles. The molecule has 0 bridgehead atoms. The fourth-order valence-electron chi connectivity index (χ4n) is 3.09. The molecule has 0 aliphatic carbocycles. The molecule has 4 heteroatoms. The molecule has 1 aromatic carbocycles. The number of rotatable bonds is 4. The molecule has 1 aliphatic rings. The number of nitrogens with one attached hydrogen (secondary N) is 1. The van der Waals surface area contributed by atoms with Crippen LogP contribution in [0.1, 0.15) is 52.5 Å². The van der Waals surface area contributed by atoms with Crippen LogP contribution in [-0.4, -0.2) is 35.2 Å². The first-order chi connectivity index (χ1) is 11.3. The van der Waals surface area contributed by atoms with Gasteiger partial charge < -0.3 is 15.0 Å². The van der Waals surface area contributed by atoms with Gasteiger partial charge in [-0.3, -0.25) is 0 Å². The fraction of sp³-hybridized carbons (Fsp3) is 0.550. The minimum atomic E-state index is -0.455. The average molecular weight is 328 g/mol. The lowest BCUT2D eigenvalue weighted by Crippen LogP contribution is -2.41. The molecule has 1 amide bonds. The first kappa shape index (κ1) is 18.2. The van der Waals surface area contributed by atoms with Crippen LogP contribution in [0.2, 0.25) is 0 Å². The minimum Gasteiger partial charge on any atom is -0.444 e. The first-order valence-corrected chi connectivity index (χ1v) is 8.61. The Morgan fingerprint density at radius 1 is 1.50 bits per heavy atom. The van der Waals surface area contributed by atoms with Crippen molar-refractivity contribution in [3.05, 3.63) is 29.8 Å². The molecule has 0 radical (unpaired) electrons. The van der Waals surface area contributed by atoms with Crippen LogP contribution in [-0.2, 0) is 4.74 Å². The Kier molecular flexibility index (Phi) is 5.77. The van der Waals surface area contributed by atoms with Crippen LogP contribution in [0.3, 0.4) is 0 Å². The number of anilines is 1. The van der Waals surface area contributed by atoms with E-state index in [2.05, 4.69) is 18.2 Å². The van der Waals surface area contributed by atoms with Gasteiger partial charge in [-0.15, -0.1) is 6.42 Å². The van der Waals surface area contributed by atoms with Crippen molar-refractivity contribution in [2.45, 2.75) is 64.6 Å². The van der Waals surface area contributed by atoms with Gasteiger partial charge in [-0.25, -0.2) is 4.79 Å². The van der Waals surface area contributed by atoms with Crippen molar-refractivity contribution in [3.8, 4) is 12.3 Å². The molecule has 1 N–H and O–H groups in total. The largest absolute Gasteiger partial charge is 0.444 e. The summed E-state index contributed by atoms with van der Waals surface area (Å²) in [5.41, 5.74) is 1.42. The van der Waals surface area contributed by atoms with E-state index in [4.69, 9.17) is 11.2 Å². The molecule has 0 saturated carbocycles. The van der Waals surface area contributed by atoms with Crippen LogP contribution in [0, 0.1) is 12.3 Å². The van der Waals surface area contributed by atoms with Crippen molar-refractivity contribution in [3.63, 3.8) is 0 Å². The summed E-state index contributed by atoms with van der Waals surface area (Å²) in [6.07, 6.45) is 8.19. The van der Waals surface area contributed by atoms with Gasteiger partial charge in [0.15, 0.2) is 0 Å². The Bertz CT molecular complexity index is 613. The highest BCUT2D eigenvalue weighted by Gasteiger charge is 2.32. The van der Waals surface area contributed by atoms with Crippen LogP contribution < -0.4 is 5.32 Å². The summed E-state index contributed by atoms with van der Waals surface area (Å²) >= 11 is 0. The zero-order valence-electron chi connectivity index (χ0n) is 15.1. The summed E-state index contributed by atoms with van der Waals surface area (Å²) in [4.78, 5) is 14.2. The van der Waals surface area contributed by atoms with Gasteiger partial charge in [0.2, 0.25) is 0 Å². The number of benzene rings is 1. The molecule has 4 nitrogen and oxygen atoms in total. The lowest BCUT2D eigenvalue weighted by Gasteiger charge is -2.30. The third kappa shape index (κ3) is 5.19. The monoisotopic (exact) mass is 328 g/mol. The van der Waals surface area contributed by atoms with Crippen LogP contribution in [0.15, 0.2) is 24.3 Å². The number of carbonyl (C=O) groups excluding carboxylic acids is 1. The van der Waals surface area contributed by atoms with Gasteiger partial charge in [-0.05, 0) is 65.2 Å². The molecule has 1 heterocycles. The quantitative estimate of drug-likeness (QED) is 0.840. The van der Waals surface area contributed by atoms with E-state index in [0.29, 0.717) is 0 Å². The predicted molar refractivity (Wildman–Crippen MR) is 98.0 cm³/mol. The number of hydrogen-bond donors (Lipinski definition) is 1. The van der Waals surface area contributed by atoms with Gasteiger partial charge >= 0.3 is 6.09 Å². The maximum Gasteiger partial charge on any atom is 0.410 e. The van der Waals surface area contributed by atoms with Crippen LogP contribution in [0.4, 0.5) is 10.5 Å². The topological polar surface area (TPSA) is 41.6 Å². The highest BCUT2D eigenvalue weighted by molar-refractivity contribution is 5.69. The number of likely N-dealkylation sites (tertiary alicyclic amines) is 1. The highest BCUT2D eigenvalue weighted by atomic mass is 16.6. The smallest absolute Gasteiger partial charge is 0.410 e. The Hall–Kier alpha value is -2.15. The molecule has 1 aliphatic heterocycles. The van der Waals surface area contributed by atoms with Crippen molar-refractivity contribution in [1.82, 2.24) is 4.90 Å². The summed E-state index contributed by atoms with van der Waals surface area (Å²) in [5.74, 6) is 2.65. The number of terminal acetylenes is 1. The third-order valence-electron chi connectivity index (χ3n) is 4.07. The summed E-state index contributed by atoms with van der Waals surface area (Å²) in [7, 11) is 0. The van der Waals surface area contributed by atoms with Gasteiger partial charge in [0.05, 0.1) is 0 Å². The van der Waals surface area contributed by atoms with Crippen molar-refractivity contribution >= 4 is 11.8 Å². The summed E-state index contributed by atoms with van der Waals surface area (Å²) < 4.78 is 5.53. The first-order valence-electron chi connectivity index (χ1n) is 8.61. The van der Waals surface area contributed by atoms with E-state index in [1.807, 2.05) is 49.9 Å². The summed E-state index contributed by atoms with van der Waals surface area (Å²) in [6.45, 7) is 8.61. The second-order valence-corrected chi connectivity index (χ2v) is 7.48. The van der Waals surface area contributed by atoms with E-state index in [0.717, 1.165) is 37.1 Å². The van der Waals surface area contributed by atoms with Crippen LogP contribution in [0.5, 0.6) is 0 Å². The Balaban J connectivity index is 1.93. The SMILES string of the molecule is C#Cc1cccc(NC(C)CC2CCCN2C(=O)OC(C)(C)C)c1. The van der Waals surface area contributed by atoms with E-state index in [1.165, 1.54) is 0 Å². The minimum absolute atomic E-state index is 0.202. The van der Waals surface area contributed by atoms with Gasteiger partial charge in [0.1, 0.15) is 5.60 Å². The van der Waals surface area contributed by atoms with Gasteiger partial charge in [-0.2, -0.15) is 0 Å². The van der Waals surface area contributed by atoms with Gasteiger partial charge in [0.25, 0.3) is 0 Å². The molecule has 24 heavy (non-hydrogen) atoms. The Morgan fingerprint density at radius 3 is 2.92 bits per heavy atom. The molecule has 2 atom stereocenters. The summed E-state index contributed by atoms with van der Waals surface area (Å²) in [6, 6.07) is 8.31. The van der Waals surface area contributed by atoms with E-state index in [9.17, 15) is 4.79 Å². The summed E-state index contributed by atoms with van der Waals surface area (Å²) in [5, 5.41) is 3.48. The molecule has 130 valence electrons. The van der Waals surface area contributed by atoms with Crippen molar-refractivity contribution < 1.29 is 9.53 Å². The fourth-order valence-corrected chi connectivity index (χ4v) is 3.09. The highest BCUT2D eigenvalue weighted by Crippen LogP contribution is 2.25. The Morgan fingerprint density at radius 2 is 2.25 bits per heavy atom. The molecule has 0 spiro atoms. The number of hydrogen-bond acceptors (Lipinski definition) is 3.